The van der Waals surface area contributed by atoms with Crippen LogP contribution in [0, 0.1) is 5.92 Å². The molecule has 0 saturated carbocycles. The monoisotopic (exact) mass is 240 g/mol. The van der Waals surface area contributed by atoms with Crippen LogP contribution < -0.4 is 10.6 Å². The fraction of sp³-hybridized carbons (Fsp3) is 0.818. The summed E-state index contributed by atoms with van der Waals surface area (Å²) in [7, 11) is 0. The zero-order valence-electron chi connectivity index (χ0n) is 10.4. The Kier molecular flexibility index (Phi) is 4.33. The maximum atomic E-state index is 5.50. The Bertz CT molecular complexity index is 342. The Morgan fingerprint density at radius 2 is 2.29 bits per heavy atom. The van der Waals surface area contributed by atoms with Gasteiger partial charge in [0, 0.05) is 19.1 Å². The third-order valence-electron chi connectivity index (χ3n) is 3.04. The first kappa shape index (κ1) is 12.3. The summed E-state index contributed by atoms with van der Waals surface area (Å²) in [6.45, 7) is 7.32. The van der Waals surface area contributed by atoms with Crippen LogP contribution >= 0.6 is 0 Å². The van der Waals surface area contributed by atoms with Gasteiger partial charge in [-0.1, -0.05) is 12.0 Å². The first-order valence-corrected chi connectivity index (χ1v) is 6.18. The highest BCUT2D eigenvalue weighted by atomic mass is 16.5. The number of ether oxygens (including phenoxy) is 1. The van der Waals surface area contributed by atoms with Crippen molar-refractivity contribution in [3.05, 3.63) is 5.89 Å². The van der Waals surface area contributed by atoms with E-state index in [1.165, 1.54) is 0 Å². The lowest BCUT2D eigenvalue weighted by Gasteiger charge is -2.13. The molecule has 0 radical (unpaired) electrons. The molecule has 0 bridgehead atoms. The predicted molar refractivity (Wildman–Crippen MR) is 63.7 cm³/mol. The van der Waals surface area contributed by atoms with E-state index in [4.69, 9.17) is 9.15 Å². The lowest BCUT2D eigenvalue weighted by Crippen LogP contribution is -2.20. The number of nitrogens with zero attached hydrogens (tertiary/aromatic N) is 2. The van der Waals surface area contributed by atoms with Crippen LogP contribution in [0.4, 0.5) is 6.01 Å². The van der Waals surface area contributed by atoms with Crippen molar-refractivity contribution in [3.63, 3.8) is 0 Å². The van der Waals surface area contributed by atoms with Crippen molar-refractivity contribution in [2.24, 2.45) is 5.92 Å². The van der Waals surface area contributed by atoms with Gasteiger partial charge >= 0.3 is 6.01 Å². The van der Waals surface area contributed by atoms with E-state index >= 15 is 0 Å². The van der Waals surface area contributed by atoms with Gasteiger partial charge in [0.1, 0.15) is 0 Å². The smallest absolute Gasteiger partial charge is 0.315 e. The van der Waals surface area contributed by atoms with Crippen LogP contribution in [0.2, 0.25) is 0 Å². The van der Waals surface area contributed by atoms with Gasteiger partial charge in [-0.2, -0.15) is 0 Å². The predicted octanol–water partition coefficient (Wildman–Crippen LogP) is 1.02. The van der Waals surface area contributed by atoms with Crippen molar-refractivity contribution < 1.29 is 9.15 Å². The second-order valence-corrected chi connectivity index (χ2v) is 4.29. The number of aromatic nitrogens is 2. The largest absolute Gasteiger partial charge is 0.407 e. The van der Waals surface area contributed by atoms with Gasteiger partial charge in [0.2, 0.25) is 5.89 Å². The van der Waals surface area contributed by atoms with Gasteiger partial charge in [0.05, 0.1) is 12.6 Å². The van der Waals surface area contributed by atoms with E-state index in [9.17, 15) is 0 Å². The van der Waals surface area contributed by atoms with Gasteiger partial charge in [-0.15, -0.1) is 5.10 Å². The Labute approximate surface area is 101 Å². The van der Waals surface area contributed by atoms with Crippen molar-refractivity contribution in [2.45, 2.75) is 32.9 Å². The van der Waals surface area contributed by atoms with E-state index in [1.54, 1.807) is 0 Å². The zero-order valence-corrected chi connectivity index (χ0v) is 10.4. The molecule has 96 valence electrons. The van der Waals surface area contributed by atoms with Gasteiger partial charge < -0.3 is 19.8 Å². The lowest BCUT2D eigenvalue weighted by atomic mass is 10.0. The minimum absolute atomic E-state index is 0.312. The molecule has 1 aliphatic heterocycles. The summed E-state index contributed by atoms with van der Waals surface area (Å²) in [5.41, 5.74) is 0. The topological polar surface area (TPSA) is 72.2 Å². The molecule has 2 heterocycles. The molecule has 2 atom stereocenters. The average Bonchev–Trinajstić information content (AvgIpc) is 2.93. The standard InChI is InChI=1S/C11H20N4O2/c1-3-12-7-10-14-15-11(17-10)13-6-9-4-5-16-8(9)2/h8-9,12H,3-7H2,1-2H3,(H,13,15). The minimum atomic E-state index is 0.312. The number of rotatable bonds is 6. The number of hydrogen-bond acceptors (Lipinski definition) is 6. The molecule has 6 nitrogen and oxygen atoms in total. The molecule has 0 spiro atoms. The average molecular weight is 240 g/mol. The number of hydrogen-bond donors (Lipinski definition) is 2. The minimum Gasteiger partial charge on any atom is -0.407 e. The first-order chi connectivity index (χ1) is 8.29. The molecule has 2 N–H and O–H groups in total. The Balaban J connectivity index is 1.76. The van der Waals surface area contributed by atoms with E-state index < -0.39 is 0 Å². The summed E-state index contributed by atoms with van der Waals surface area (Å²) in [5.74, 6) is 1.14. The summed E-state index contributed by atoms with van der Waals surface area (Å²) in [6, 6.07) is 0.497. The molecule has 0 aliphatic carbocycles. The maximum absolute atomic E-state index is 5.50. The molecule has 1 aromatic heterocycles. The van der Waals surface area contributed by atoms with E-state index in [0.717, 1.165) is 26.1 Å². The van der Waals surface area contributed by atoms with Gasteiger partial charge in [0.25, 0.3) is 0 Å². The highest BCUT2D eigenvalue weighted by Crippen LogP contribution is 2.20. The fourth-order valence-corrected chi connectivity index (χ4v) is 1.89. The molecule has 0 aromatic carbocycles. The van der Waals surface area contributed by atoms with Crippen molar-refractivity contribution >= 4 is 6.01 Å². The van der Waals surface area contributed by atoms with Gasteiger partial charge in [-0.3, -0.25) is 0 Å². The van der Waals surface area contributed by atoms with Crippen LogP contribution in [0.1, 0.15) is 26.2 Å². The molecule has 6 heteroatoms. The van der Waals surface area contributed by atoms with Crippen molar-refractivity contribution in [1.82, 2.24) is 15.5 Å². The van der Waals surface area contributed by atoms with E-state index in [-0.39, 0.29) is 0 Å². The lowest BCUT2D eigenvalue weighted by molar-refractivity contribution is 0.108. The van der Waals surface area contributed by atoms with Gasteiger partial charge in [0.15, 0.2) is 0 Å². The SMILES string of the molecule is CCNCc1nnc(NCC2CCOC2C)o1. The quantitative estimate of drug-likeness (QED) is 0.773. The van der Waals surface area contributed by atoms with E-state index in [0.29, 0.717) is 30.5 Å². The molecule has 0 amide bonds. The summed E-state index contributed by atoms with van der Waals surface area (Å²) in [4.78, 5) is 0. The van der Waals surface area contributed by atoms with Crippen LogP contribution in [0.3, 0.4) is 0 Å². The van der Waals surface area contributed by atoms with Gasteiger partial charge in [-0.25, -0.2) is 0 Å². The van der Waals surface area contributed by atoms with Crippen molar-refractivity contribution in [2.75, 3.05) is 25.0 Å². The van der Waals surface area contributed by atoms with Crippen LogP contribution in [-0.4, -0.2) is 36.0 Å². The Morgan fingerprint density at radius 1 is 1.41 bits per heavy atom. The molecule has 2 unspecified atom stereocenters. The van der Waals surface area contributed by atoms with Crippen LogP contribution in [-0.2, 0) is 11.3 Å². The summed E-state index contributed by atoms with van der Waals surface area (Å²) in [5, 5.41) is 14.2. The molecule has 1 aromatic rings. The fourth-order valence-electron chi connectivity index (χ4n) is 1.89. The Hall–Kier alpha value is -1.14. The number of anilines is 1. The molecule has 2 rings (SSSR count). The maximum Gasteiger partial charge on any atom is 0.315 e. The zero-order chi connectivity index (χ0) is 12.1. The normalized spacial score (nSPS) is 24.1. The number of nitrogens with one attached hydrogen (secondary N) is 2. The summed E-state index contributed by atoms with van der Waals surface area (Å²) >= 11 is 0. The third kappa shape index (κ3) is 3.41. The van der Waals surface area contributed by atoms with Crippen LogP contribution in [0.15, 0.2) is 4.42 Å². The highest BCUT2D eigenvalue weighted by molar-refractivity contribution is 5.17. The molecule has 1 fully saturated rings. The highest BCUT2D eigenvalue weighted by Gasteiger charge is 2.24. The summed E-state index contributed by atoms with van der Waals surface area (Å²) in [6.07, 6.45) is 1.40. The summed E-state index contributed by atoms with van der Waals surface area (Å²) < 4.78 is 10.9. The molecule has 1 aliphatic rings. The Morgan fingerprint density at radius 3 is 3.00 bits per heavy atom. The molecule has 1 saturated heterocycles. The molecular formula is C11H20N4O2. The second-order valence-electron chi connectivity index (χ2n) is 4.29. The van der Waals surface area contributed by atoms with E-state index in [2.05, 4.69) is 27.8 Å². The molecule has 17 heavy (non-hydrogen) atoms. The first-order valence-electron chi connectivity index (χ1n) is 6.18. The van der Waals surface area contributed by atoms with Crippen LogP contribution in [0.25, 0.3) is 0 Å². The second kappa shape index (κ2) is 5.97. The van der Waals surface area contributed by atoms with Crippen molar-refractivity contribution in [1.29, 1.82) is 0 Å². The van der Waals surface area contributed by atoms with Gasteiger partial charge in [-0.05, 0) is 19.9 Å². The van der Waals surface area contributed by atoms with E-state index in [1.807, 2.05) is 6.92 Å². The third-order valence-corrected chi connectivity index (χ3v) is 3.04. The van der Waals surface area contributed by atoms with Crippen molar-refractivity contribution in [3.8, 4) is 0 Å². The van der Waals surface area contributed by atoms with Crippen LogP contribution in [0.5, 0.6) is 0 Å². The molecular weight excluding hydrogens is 220 g/mol.